The first kappa shape index (κ1) is 12.4. The number of hydrogen-bond acceptors (Lipinski definition) is 1. The lowest BCUT2D eigenvalue weighted by Crippen LogP contribution is -2.40. The highest BCUT2D eigenvalue weighted by molar-refractivity contribution is 4.95. The van der Waals surface area contributed by atoms with Crippen molar-refractivity contribution < 1.29 is 0 Å². The van der Waals surface area contributed by atoms with Crippen LogP contribution in [0.25, 0.3) is 0 Å². The van der Waals surface area contributed by atoms with E-state index in [1.165, 1.54) is 58.2 Å². The van der Waals surface area contributed by atoms with E-state index in [9.17, 15) is 0 Å². The third kappa shape index (κ3) is 3.00. The van der Waals surface area contributed by atoms with Gasteiger partial charge in [-0.1, -0.05) is 27.2 Å². The second-order valence-electron chi connectivity index (χ2n) is 6.63. The van der Waals surface area contributed by atoms with E-state index in [1.807, 2.05) is 0 Å². The summed E-state index contributed by atoms with van der Waals surface area (Å²) in [6.07, 6.45) is 8.75. The molecule has 0 amide bonds. The van der Waals surface area contributed by atoms with Crippen molar-refractivity contribution >= 4 is 0 Å². The van der Waals surface area contributed by atoms with Gasteiger partial charge in [0.25, 0.3) is 0 Å². The van der Waals surface area contributed by atoms with E-state index in [0.29, 0.717) is 0 Å². The summed E-state index contributed by atoms with van der Waals surface area (Å²) in [7, 11) is 0. The highest BCUT2D eigenvalue weighted by Crippen LogP contribution is 2.50. The zero-order chi connectivity index (χ0) is 11.6. The predicted molar refractivity (Wildman–Crippen MR) is 70.6 cm³/mol. The molecule has 0 aromatic heterocycles. The highest BCUT2D eigenvalue weighted by atomic mass is 15.1. The molecule has 1 nitrogen and oxygen atoms in total. The van der Waals surface area contributed by atoms with Crippen LogP contribution in [0, 0.1) is 17.3 Å². The van der Waals surface area contributed by atoms with Crippen LogP contribution in [-0.4, -0.2) is 24.5 Å². The molecular weight excluding hydrogens is 194 g/mol. The van der Waals surface area contributed by atoms with Gasteiger partial charge >= 0.3 is 0 Å². The fourth-order valence-electron chi connectivity index (χ4n) is 3.45. The average molecular weight is 223 g/mol. The summed E-state index contributed by atoms with van der Waals surface area (Å²) in [5.41, 5.74) is 0.758. The van der Waals surface area contributed by atoms with Crippen LogP contribution in [-0.2, 0) is 0 Å². The Hall–Kier alpha value is -0.0400. The maximum atomic E-state index is 2.77. The van der Waals surface area contributed by atoms with Crippen LogP contribution in [0.5, 0.6) is 0 Å². The van der Waals surface area contributed by atoms with Crippen LogP contribution in [0.15, 0.2) is 0 Å². The van der Waals surface area contributed by atoms with Gasteiger partial charge in [0.2, 0.25) is 0 Å². The number of nitrogens with zero attached hydrogens (tertiary/aromatic N) is 1. The number of hydrogen-bond donors (Lipinski definition) is 0. The van der Waals surface area contributed by atoms with Crippen molar-refractivity contribution in [3.05, 3.63) is 0 Å². The molecule has 0 radical (unpaired) electrons. The zero-order valence-corrected chi connectivity index (χ0v) is 11.5. The van der Waals surface area contributed by atoms with Gasteiger partial charge in [-0.25, -0.2) is 0 Å². The second-order valence-corrected chi connectivity index (χ2v) is 6.63. The highest BCUT2D eigenvalue weighted by Gasteiger charge is 2.43. The molecule has 1 unspecified atom stereocenters. The van der Waals surface area contributed by atoms with E-state index in [1.54, 1.807) is 0 Å². The Labute approximate surface area is 102 Å². The van der Waals surface area contributed by atoms with Crippen LogP contribution in [0.1, 0.15) is 59.3 Å². The van der Waals surface area contributed by atoms with Crippen molar-refractivity contribution in [3.63, 3.8) is 0 Å². The minimum atomic E-state index is 0.758. The van der Waals surface area contributed by atoms with Gasteiger partial charge in [-0.3, -0.25) is 0 Å². The zero-order valence-electron chi connectivity index (χ0n) is 11.5. The van der Waals surface area contributed by atoms with E-state index in [2.05, 4.69) is 25.7 Å². The van der Waals surface area contributed by atoms with Crippen LogP contribution in [0.3, 0.4) is 0 Å². The Morgan fingerprint density at radius 3 is 2.62 bits per heavy atom. The Bertz CT molecular complexity index is 217. The summed E-state index contributed by atoms with van der Waals surface area (Å²) in [6.45, 7) is 11.3. The van der Waals surface area contributed by atoms with Gasteiger partial charge in [-0.15, -0.1) is 0 Å². The predicted octanol–water partition coefficient (Wildman–Crippen LogP) is 3.93. The van der Waals surface area contributed by atoms with Crippen molar-refractivity contribution in [1.29, 1.82) is 0 Å². The molecule has 0 aromatic rings. The van der Waals surface area contributed by atoms with Gasteiger partial charge in [0.15, 0.2) is 0 Å². The third-order valence-electron chi connectivity index (χ3n) is 4.78. The Balaban J connectivity index is 1.81. The fourth-order valence-corrected chi connectivity index (χ4v) is 3.45. The second kappa shape index (κ2) is 5.08. The van der Waals surface area contributed by atoms with Crippen molar-refractivity contribution in [2.24, 2.45) is 17.3 Å². The van der Waals surface area contributed by atoms with Gasteiger partial charge < -0.3 is 4.90 Å². The van der Waals surface area contributed by atoms with E-state index >= 15 is 0 Å². The number of piperidine rings is 1. The smallest absolute Gasteiger partial charge is 0.00381 e. The lowest BCUT2D eigenvalue weighted by molar-refractivity contribution is 0.119. The molecular formula is C15H29N. The Morgan fingerprint density at radius 2 is 2.06 bits per heavy atom. The van der Waals surface area contributed by atoms with Crippen molar-refractivity contribution in [2.45, 2.75) is 59.3 Å². The third-order valence-corrected chi connectivity index (χ3v) is 4.78. The molecule has 1 aliphatic heterocycles. The van der Waals surface area contributed by atoms with Crippen molar-refractivity contribution in [3.8, 4) is 0 Å². The average Bonchev–Trinajstić information content (AvgIpc) is 2.99. The maximum absolute atomic E-state index is 2.77. The molecule has 2 rings (SSSR count). The molecule has 0 N–H and O–H groups in total. The van der Waals surface area contributed by atoms with Gasteiger partial charge in [-0.05, 0) is 55.9 Å². The van der Waals surface area contributed by atoms with E-state index in [0.717, 1.165) is 17.3 Å². The summed E-state index contributed by atoms with van der Waals surface area (Å²) in [4.78, 5) is 2.77. The summed E-state index contributed by atoms with van der Waals surface area (Å²) < 4.78 is 0. The first-order chi connectivity index (χ1) is 7.65. The lowest BCUT2D eigenvalue weighted by atomic mass is 9.87. The first-order valence-corrected chi connectivity index (χ1v) is 7.37. The van der Waals surface area contributed by atoms with Crippen LogP contribution >= 0.6 is 0 Å². The standard InChI is InChI=1S/C15H29N/c1-4-7-15(8-9-15)12-16-10-5-6-14(11-16)13(2)3/h13-14H,4-12H2,1-3H3. The summed E-state index contributed by atoms with van der Waals surface area (Å²) in [5.74, 6) is 1.84. The Kier molecular flexibility index (Phi) is 3.94. The molecule has 0 bridgehead atoms. The maximum Gasteiger partial charge on any atom is 0.00381 e. The van der Waals surface area contributed by atoms with Crippen LogP contribution in [0.4, 0.5) is 0 Å². The van der Waals surface area contributed by atoms with Crippen LogP contribution in [0.2, 0.25) is 0 Å². The molecule has 0 spiro atoms. The molecule has 94 valence electrons. The van der Waals surface area contributed by atoms with E-state index < -0.39 is 0 Å². The van der Waals surface area contributed by atoms with E-state index in [-0.39, 0.29) is 0 Å². The van der Waals surface area contributed by atoms with Crippen LogP contribution < -0.4 is 0 Å². The van der Waals surface area contributed by atoms with E-state index in [4.69, 9.17) is 0 Å². The molecule has 1 atom stereocenters. The molecule has 2 aliphatic rings. The number of rotatable bonds is 5. The summed E-state index contributed by atoms with van der Waals surface area (Å²) in [5, 5.41) is 0. The molecule has 16 heavy (non-hydrogen) atoms. The van der Waals surface area contributed by atoms with Crippen molar-refractivity contribution in [2.75, 3.05) is 19.6 Å². The summed E-state index contributed by atoms with van der Waals surface area (Å²) >= 11 is 0. The largest absolute Gasteiger partial charge is 0.303 e. The molecule has 1 heterocycles. The normalized spacial score (nSPS) is 29.6. The molecule has 1 saturated heterocycles. The molecule has 2 fully saturated rings. The first-order valence-electron chi connectivity index (χ1n) is 7.37. The van der Waals surface area contributed by atoms with Gasteiger partial charge in [0, 0.05) is 13.1 Å². The van der Waals surface area contributed by atoms with Crippen molar-refractivity contribution in [1.82, 2.24) is 4.90 Å². The van der Waals surface area contributed by atoms with Gasteiger partial charge in [-0.2, -0.15) is 0 Å². The summed E-state index contributed by atoms with van der Waals surface area (Å²) in [6, 6.07) is 0. The Morgan fingerprint density at radius 1 is 1.31 bits per heavy atom. The number of likely N-dealkylation sites (tertiary alicyclic amines) is 1. The fraction of sp³-hybridized carbons (Fsp3) is 1.00. The topological polar surface area (TPSA) is 3.24 Å². The molecule has 0 aromatic carbocycles. The quantitative estimate of drug-likeness (QED) is 0.682. The molecule has 1 saturated carbocycles. The minimum Gasteiger partial charge on any atom is -0.303 e. The van der Waals surface area contributed by atoms with Gasteiger partial charge in [0.1, 0.15) is 0 Å². The monoisotopic (exact) mass is 223 g/mol. The lowest BCUT2D eigenvalue weighted by Gasteiger charge is -2.37. The SMILES string of the molecule is CCCC1(CN2CCCC(C(C)C)C2)CC1. The van der Waals surface area contributed by atoms with Gasteiger partial charge in [0.05, 0.1) is 0 Å². The molecule has 1 heteroatoms. The minimum absolute atomic E-state index is 0.758. The molecule has 1 aliphatic carbocycles.